The van der Waals surface area contributed by atoms with Crippen LogP contribution < -0.4 is 10.6 Å². The quantitative estimate of drug-likeness (QED) is 0.397. The van der Waals surface area contributed by atoms with Gasteiger partial charge in [-0.05, 0) is 60.5 Å². The number of nitrogens with one attached hydrogen (secondary N) is 2. The van der Waals surface area contributed by atoms with E-state index < -0.39 is 0 Å². The van der Waals surface area contributed by atoms with Gasteiger partial charge in [-0.3, -0.25) is 9.78 Å². The number of benzene rings is 3. The second-order valence-electron chi connectivity index (χ2n) is 7.44. The zero-order chi connectivity index (χ0) is 21.5. The highest BCUT2D eigenvalue weighted by molar-refractivity contribution is 6.08. The van der Waals surface area contributed by atoms with Crippen molar-refractivity contribution in [3.05, 3.63) is 114 Å². The van der Waals surface area contributed by atoms with Gasteiger partial charge in [-0.2, -0.15) is 0 Å². The zero-order valence-electron chi connectivity index (χ0n) is 17.5. The van der Waals surface area contributed by atoms with Gasteiger partial charge in [0.25, 0.3) is 5.91 Å². The molecule has 0 radical (unpaired) electrons. The van der Waals surface area contributed by atoms with E-state index in [4.69, 9.17) is 0 Å². The van der Waals surface area contributed by atoms with Crippen LogP contribution in [0.5, 0.6) is 0 Å². The number of hydrogen-bond donors (Lipinski definition) is 2. The third-order valence-corrected chi connectivity index (χ3v) is 5.08. The highest BCUT2D eigenvalue weighted by atomic mass is 16.1. The maximum Gasteiger partial charge on any atom is 0.256 e. The van der Waals surface area contributed by atoms with Crippen LogP contribution in [0.4, 0.5) is 11.4 Å². The molecule has 0 bridgehead atoms. The van der Waals surface area contributed by atoms with Gasteiger partial charge in [0.1, 0.15) is 0 Å². The summed E-state index contributed by atoms with van der Waals surface area (Å²) in [5.74, 6) is -0.113. The topological polar surface area (TPSA) is 54.0 Å². The van der Waals surface area contributed by atoms with Crippen LogP contribution in [0.3, 0.4) is 0 Å². The molecule has 0 aliphatic carbocycles. The Morgan fingerprint density at radius 1 is 0.839 bits per heavy atom. The van der Waals surface area contributed by atoms with Crippen molar-refractivity contribution in [3.8, 4) is 11.1 Å². The Hall–Kier alpha value is -3.92. The van der Waals surface area contributed by atoms with E-state index in [-0.39, 0.29) is 5.91 Å². The van der Waals surface area contributed by atoms with Gasteiger partial charge in [-0.15, -0.1) is 0 Å². The van der Waals surface area contributed by atoms with Crippen molar-refractivity contribution in [3.63, 3.8) is 0 Å². The lowest BCUT2D eigenvalue weighted by atomic mass is 9.97. The van der Waals surface area contributed by atoms with Crippen LogP contribution in [0.2, 0.25) is 0 Å². The van der Waals surface area contributed by atoms with Crippen molar-refractivity contribution < 1.29 is 4.79 Å². The van der Waals surface area contributed by atoms with E-state index in [1.165, 1.54) is 0 Å². The minimum atomic E-state index is -0.113. The van der Waals surface area contributed by atoms with Crippen LogP contribution in [0.15, 0.2) is 97.2 Å². The summed E-state index contributed by atoms with van der Waals surface area (Å²) in [4.78, 5) is 17.4. The number of carbonyl (C=O) groups is 1. The molecule has 0 saturated heterocycles. The summed E-state index contributed by atoms with van der Waals surface area (Å²) in [5, 5.41) is 6.42. The Morgan fingerprint density at radius 2 is 1.58 bits per heavy atom. The average molecular weight is 408 g/mol. The largest absolute Gasteiger partial charge is 0.385 e. The standard InChI is InChI=1S/C27H25N3O/c1-20-10-15-25(21-7-3-2-4-8-21)26(19-20)27(31)30-24-13-11-23(12-14-24)29-18-16-22-9-5-6-17-28-22/h2-15,17,19,29H,16,18H2,1H3,(H,30,31). The molecule has 1 amide bonds. The number of hydrogen-bond acceptors (Lipinski definition) is 3. The highest BCUT2D eigenvalue weighted by Gasteiger charge is 2.13. The fourth-order valence-electron chi connectivity index (χ4n) is 3.47. The summed E-state index contributed by atoms with van der Waals surface area (Å²) in [7, 11) is 0. The molecule has 0 atom stereocenters. The normalized spacial score (nSPS) is 10.5. The summed E-state index contributed by atoms with van der Waals surface area (Å²) in [6, 6.07) is 29.7. The molecule has 0 unspecified atom stereocenters. The van der Waals surface area contributed by atoms with Crippen LogP contribution in [0.1, 0.15) is 21.6 Å². The van der Waals surface area contributed by atoms with E-state index in [1.54, 1.807) is 0 Å². The number of pyridine rings is 1. The first-order chi connectivity index (χ1) is 15.2. The van der Waals surface area contributed by atoms with Crippen LogP contribution in [0, 0.1) is 6.92 Å². The summed E-state index contributed by atoms with van der Waals surface area (Å²) in [6.45, 7) is 2.80. The Bertz CT molecular complexity index is 1140. The lowest BCUT2D eigenvalue weighted by molar-refractivity contribution is 0.102. The Kier molecular flexibility index (Phi) is 6.38. The Balaban J connectivity index is 1.42. The van der Waals surface area contributed by atoms with Crippen molar-refractivity contribution >= 4 is 17.3 Å². The Labute approximate surface area is 183 Å². The summed E-state index contributed by atoms with van der Waals surface area (Å²) in [5.41, 5.74) is 6.51. The van der Waals surface area contributed by atoms with E-state index in [2.05, 4.69) is 15.6 Å². The zero-order valence-corrected chi connectivity index (χ0v) is 17.5. The predicted molar refractivity (Wildman–Crippen MR) is 127 cm³/mol. The maximum atomic E-state index is 13.0. The first-order valence-corrected chi connectivity index (χ1v) is 10.4. The molecule has 0 spiro atoms. The molecule has 2 N–H and O–H groups in total. The molecule has 3 aromatic carbocycles. The summed E-state index contributed by atoms with van der Waals surface area (Å²) < 4.78 is 0. The number of aromatic nitrogens is 1. The second-order valence-corrected chi connectivity index (χ2v) is 7.44. The fourth-order valence-corrected chi connectivity index (χ4v) is 3.47. The summed E-state index contributed by atoms with van der Waals surface area (Å²) in [6.07, 6.45) is 2.67. The van der Waals surface area contributed by atoms with Gasteiger partial charge in [0, 0.05) is 41.8 Å². The smallest absolute Gasteiger partial charge is 0.256 e. The number of anilines is 2. The van der Waals surface area contributed by atoms with Crippen molar-refractivity contribution in [2.45, 2.75) is 13.3 Å². The summed E-state index contributed by atoms with van der Waals surface area (Å²) >= 11 is 0. The molecule has 0 fully saturated rings. The third kappa shape index (κ3) is 5.37. The van der Waals surface area contributed by atoms with E-state index in [1.807, 2.05) is 104 Å². The van der Waals surface area contributed by atoms with Crippen molar-refractivity contribution in [2.24, 2.45) is 0 Å². The molecule has 154 valence electrons. The van der Waals surface area contributed by atoms with Gasteiger partial charge in [-0.1, -0.05) is 54.1 Å². The molecule has 0 saturated carbocycles. The van der Waals surface area contributed by atoms with Crippen LogP contribution in [0.25, 0.3) is 11.1 Å². The first kappa shape index (κ1) is 20.4. The van der Waals surface area contributed by atoms with Gasteiger partial charge in [0.05, 0.1) is 0 Å². The van der Waals surface area contributed by atoms with Gasteiger partial charge < -0.3 is 10.6 Å². The number of carbonyl (C=O) groups excluding carboxylic acids is 1. The molecular formula is C27H25N3O. The molecule has 31 heavy (non-hydrogen) atoms. The van der Waals surface area contributed by atoms with E-state index in [0.29, 0.717) is 5.56 Å². The predicted octanol–water partition coefficient (Wildman–Crippen LogP) is 5.96. The first-order valence-electron chi connectivity index (χ1n) is 10.4. The van der Waals surface area contributed by atoms with Gasteiger partial charge in [0.2, 0.25) is 0 Å². The molecule has 4 nitrogen and oxygen atoms in total. The highest BCUT2D eigenvalue weighted by Crippen LogP contribution is 2.26. The van der Waals surface area contributed by atoms with Gasteiger partial charge >= 0.3 is 0 Å². The van der Waals surface area contributed by atoms with Gasteiger partial charge in [0.15, 0.2) is 0 Å². The molecule has 0 aliphatic heterocycles. The second kappa shape index (κ2) is 9.72. The number of nitrogens with zero attached hydrogens (tertiary/aromatic N) is 1. The molecule has 0 aliphatic rings. The van der Waals surface area contributed by atoms with Gasteiger partial charge in [-0.25, -0.2) is 0 Å². The molecule has 1 heterocycles. The molecule has 4 heteroatoms. The number of amides is 1. The minimum Gasteiger partial charge on any atom is -0.385 e. The van der Waals surface area contributed by atoms with Crippen LogP contribution >= 0.6 is 0 Å². The fraction of sp³-hybridized carbons (Fsp3) is 0.111. The third-order valence-electron chi connectivity index (χ3n) is 5.08. The van der Waals surface area contributed by atoms with Crippen LogP contribution in [-0.4, -0.2) is 17.4 Å². The van der Waals surface area contributed by atoms with Crippen molar-refractivity contribution in [1.82, 2.24) is 4.98 Å². The monoisotopic (exact) mass is 407 g/mol. The molecular weight excluding hydrogens is 382 g/mol. The number of aryl methyl sites for hydroxylation is 1. The maximum absolute atomic E-state index is 13.0. The number of rotatable bonds is 7. The van der Waals surface area contributed by atoms with Crippen LogP contribution in [-0.2, 0) is 6.42 Å². The molecule has 4 aromatic rings. The lowest BCUT2D eigenvalue weighted by Crippen LogP contribution is -2.13. The van der Waals surface area contributed by atoms with Crippen molar-refractivity contribution in [2.75, 3.05) is 17.2 Å². The molecule has 4 rings (SSSR count). The Morgan fingerprint density at radius 3 is 2.32 bits per heavy atom. The minimum absolute atomic E-state index is 0.113. The van der Waals surface area contributed by atoms with E-state index in [0.717, 1.165) is 46.7 Å². The van der Waals surface area contributed by atoms with E-state index in [9.17, 15) is 4.79 Å². The lowest BCUT2D eigenvalue weighted by Gasteiger charge is -2.12. The SMILES string of the molecule is Cc1ccc(-c2ccccc2)c(C(=O)Nc2ccc(NCCc3ccccn3)cc2)c1. The molecule has 1 aromatic heterocycles. The average Bonchev–Trinajstić information content (AvgIpc) is 2.81. The van der Waals surface area contributed by atoms with Crippen molar-refractivity contribution in [1.29, 1.82) is 0 Å². The van der Waals surface area contributed by atoms with E-state index >= 15 is 0 Å².